The zero-order valence-electron chi connectivity index (χ0n) is 11.2. The summed E-state index contributed by atoms with van der Waals surface area (Å²) in [4.78, 5) is 22.8. The normalized spacial score (nSPS) is 11.6. The summed E-state index contributed by atoms with van der Waals surface area (Å²) in [5.74, 6) is -0.973. The van der Waals surface area contributed by atoms with E-state index in [-0.39, 0.29) is 6.42 Å². The van der Waals surface area contributed by atoms with Gasteiger partial charge in [-0.15, -0.1) is 0 Å². The minimum absolute atomic E-state index is 0.177. The van der Waals surface area contributed by atoms with Gasteiger partial charge in [-0.25, -0.2) is 4.79 Å². The Bertz CT molecular complexity index is 584. The molecule has 0 aliphatic carbocycles. The average Bonchev–Trinajstić information content (AvgIpc) is 2.98. The highest BCUT2D eigenvalue weighted by Gasteiger charge is 2.17. The van der Waals surface area contributed by atoms with Gasteiger partial charge in [0.1, 0.15) is 0 Å². The Hall–Kier alpha value is -2.83. The van der Waals surface area contributed by atoms with Crippen molar-refractivity contribution >= 4 is 12.0 Å². The smallest absolute Gasteiger partial charge is 0.315 e. The number of rotatable bonds is 6. The van der Waals surface area contributed by atoms with Crippen LogP contribution in [0.15, 0.2) is 42.7 Å². The largest absolute Gasteiger partial charge is 0.481 e. The van der Waals surface area contributed by atoms with Crippen LogP contribution in [0.25, 0.3) is 0 Å². The Morgan fingerprint density at radius 1 is 1.29 bits per heavy atom. The van der Waals surface area contributed by atoms with E-state index in [4.69, 9.17) is 5.11 Å². The number of benzene rings is 1. The molecule has 0 spiro atoms. The first kappa shape index (κ1) is 14.6. The fourth-order valence-corrected chi connectivity index (χ4v) is 1.88. The number of amides is 2. The van der Waals surface area contributed by atoms with E-state index in [1.807, 2.05) is 6.07 Å². The first-order valence-electron chi connectivity index (χ1n) is 6.44. The van der Waals surface area contributed by atoms with Crippen LogP contribution >= 0.6 is 0 Å². The standard InChI is InChI=1S/C14H16N4O3/c19-13(20)6-12(11-4-2-1-3-5-11)18-14(21)15-7-10-8-16-17-9-10/h1-5,8-9,12H,6-7H2,(H,16,17)(H,19,20)(H2,15,18,21). The average molecular weight is 288 g/mol. The third-order valence-electron chi connectivity index (χ3n) is 2.89. The third kappa shape index (κ3) is 4.64. The summed E-state index contributed by atoms with van der Waals surface area (Å²) < 4.78 is 0. The van der Waals surface area contributed by atoms with Gasteiger partial charge >= 0.3 is 12.0 Å². The lowest BCUT2D eigenvalue weighted by Crippen LogP contribution is -2.38. The van der Waals surface area contributed by atoms with Gasteiger partial charge in [0.2, 0.25) is 0 Å². The number of aromatic amines is 1. The quantitative estimate of drug-likeness (QED) is 0.645. The van der Waals surface area contributed by atoms with Crippen LogP contribution in [0.1, 0.15) is 23.6 Å². The maximum absolute atomic E-state index is 11.9. The predicted molar refractivity (Wildman–Crippen MR) is 75.4 cm³/mol. The van der Waals surface area contributed by atoms with E-state index in [1.54, 1.807) is 36.7 Å². The molecule has 1 aromatic heterocycles. The van der Waals surface area contributed by atoms with Crippen molar-refractivity contribution in [3.8, 4) is 0 Å². The van der Waals surface area contributed by atoms with Crippen LogP contribution in [0.3, 0.4) is 0 Å². The van der Waals surface area contributed by atoms with Gasteiger partial charge in [-0.1, -0.05) is 30.3 Å². The van der Waals surface area contributed by atoms with Crippen LogP contribution in [0.2, 0.25) is 0 Å². The molecule has 1 unspecified atom stereocenters. The molecule has 2 aromatic rings. The Morgan fingerprint density at radius 3 is 2.67 bits per heavy atom. The summed E-state index contributed by atoms with van der Waals surface area (Å²) >= 11 is 0. The second-order valence-corrected chi connectivity index (χ2v) is 4.49. The maximum Gasteiger partial charge on any atom is 0.315 e. The van der Waals surface area contributed by atoms with Crippen molar-refractivity contribution in [3.05, 3.63) is 53.9 Å². The topological polar surface area (TPSA) is 107 Å². The molecule has 0 radical (unpaired) electrons. The first-order valence-corrected chi connectivity index (χ1v) is 6.44. The van der Waals surface area contributed by atoms with Crippen molar-refractivity contribution < 1.29 is 14.7 Å². The van der Waals surface area contributed by atoms with Gasteiger partial charge in [0.05, 0.1) is 18.7 Å². The van der Waals surface area contributed by atoms with Crippen molar-refractivity contribution in [1.29, 1.82) is 0 Å². The molecule has 0 saturated carbocycles. The molecule has 21 heavy (non-hydrogen) atoms. The fraction of sp³-hybridized carbons (Fsp3) is 0.214. The van der Waals surface area contributed by atoms with Gasteiger partial charge < -0.3 is 15.7 Å². The van der Waals surface area contributed by atoms with E-state index in [2.05, 4.69) is 20.8 Å². The van der Waals surface area contributed by atoms with E-state index in [0.29, 0.717) is 6.54 Å². The number of nitrogens with one attached hydrogen (secondary N) is 3. The molecule has 2 amide bonds. The number of urea groups is 1. The lowest BCUT2D eigenvalue weighted by molar-refractivity contribution is -0.137. The molecule has 0 bridgehead atoms. The van der Waals surface area contributed by atoms with E-state index in [0.717, 1.165) is 11.1 Å². The van der Waals surface area contributed by atoms with Gasteiger partial charge in [-0.2, -0.15) is 5.10 Å². The summed E-state index contributed by atoms with van der Waals surface area (Å²) in [6.07, 6.45) is 3.10. The second-order valence-electron chi connectivity index (χ2n) is 4.49. The number of carboxylic acid groups (broad SMARTS) is 1. The first-order chi connectivity index (χ1) is 10.1. The van der Waals surface area contributed by atoms with Crippen LogP contribution < -0.4 is 10.6 Å². The van der Waals surface area contributed by atoms with Crippen molar-refractivity contribution in [3.63, 3.8) is 0 Å². The van der Waals surface area contributed by atoms with Crippen LogP contribution in [0, 0.1) is 0 Å². The number of carbonyl (C=O) groups excluding carboxylic acids is 1. The molecular weight excluding hydrogens is 272 g/mol. The molecule has 0 aliphatic rings. The highest BCUT2D eigenvalue weighted by molar-refractivity contribution is 5.76. The molecule has 1 aromatic carbocycles. The molecule has 4 N–H and O–H groups in total. The molecule has 110 valence electrons. The van der Waals surface area contributed by atoms with Crippen LogP contribution in [-0.4, -0.2) is 27.3 Å². The summed E-state index contributed by atoms with van der Waals surface area (Å²) in [7, 11) is 0. The summed E-state index contributed by atoms with van der Waals surface area (Å²) in [5, 5.41) is 20.7. The highest BCUT2D eigenvalue weighted by Crippen LogP contribution is 2.16. The van der Waals surface area contributed by atoms with Crippen LogP contribution in [-0.2, 0) is 11.3 Å². The Balaban J connectivity index is 1.94. The highest BCUT2D eigenvalue weighted by atomic mass is 16.4. The monoisotopic (exact) mass is 288 g/mol. The number of carboxylic acids is 1. The van der Waals surface area contributed by atoms with Gasteiger partial charge in [-0.3, -0.25) is 9.89 Å². The molecule has 0 aliphatic heterocycles. The fourth-order valence-electron chi connectivity index (χ4n) is 1.88. The number of carbonyl (C=O) groups is 2. The van der Waals surface area contributed by atoms with E-state index >= 15 is 0 Å². The maximum atomic E-state index is 11.9. The van der Waals surface area contributed by atoms with Gasteiger partial charge in [0.15, 0.2) is 0 Å². The number of aliphatic carboxylic acids is 1. The van der Waals surface area contributed by atoms with Crippen LogP contribution in [0.4, 0.5) is 4.79 Å². The van der Waals surface area contributed by atoms with Gasteiger partial charge in [-0.05, 0) is 5.56 Å². The number of H-pyrrole nitrogens is 1. The minimum Gasteiger partial charge on any atom is -0.481 e. The predicted octanol–water partition coefficient (Wildman–Crippen LogP) is 1.42. The van der Waals surface area contributed by atoms with Crippen molar-refractivity contribution in [2.45, 2.75) is 19.0 Å². The van der Waals surface area contributed by atoms with Crippen LogP contribution in [0.5, 0.6) is 0 Å². The molecule has 1 atom stereocenters. The van der Waals surface area contributed by atoms with E-state index < -0.39 is 18.0 Å². The molecule has 7 heteroatoms. The number of aromatic nitrogens is 2. The zero-order valence-corrected chi connectivity index (χ0v) is 11.2. The Labute approximate surface area is 121 Å². The summed E-state index contributed by atoms with van der Waals surface area (Å²) in [5.41, 5.74) is 1.58. The van der Waals surface area contributed by atoms with E-state index in [9.17, 15) is 9.59 Å². The molecular formula is C14H16N4O3. The number of hydrogen-bond donors (Lipinski definition) is 4. The van der Waals surface area contributed by atoms with Gasteiger partial charge in [0, 0.05) is 18.3 Å². The lowest BCUT2D eigenvalue weighted by atomic mass is 10.0. The minimum atomic E-state index is -0.973. The molecule has 0 fully saturated rings. The molecule has 2 rings (SSSR count). The third-order valence-corrected chi connectivity index (χ3v) is 2.89. The van der Waals surface area contributed by atoms with Gasteiger partial charge in [0.25, 0.3) is 0 Å². The zero-order chi connectivity index (χ0) is 15.1. The SMILES string of the molecule is O=C(O)CC(NC(=O)NCc1cn[nH]c1)c1ccccc1. The molecule has 1 heterocycles. The number of nitrogens with zero attached hydrogens (tertiary/aromatic N) is 1. The lowest BCUT2D eigenvalue weighted by Gasteiger charge is -2.17. The molecule has 7 nitrogen and oxygen atoms in total. The van der Waals surface area contributed by atoms with Crippen molar-refractivity contribution in [2.24, 2.45) is 0 Å². The van der Waals surface area contributed by atoms with Crippen molar-refractivity contribution in [1.82, 2.24) is 20.8 Å². The Morgan fingerprint density at radius 2 is 2.05 bits per heavy atom. The Kier molecular flexibility index (Phi) is 4.92. The second kappa shape index (κ2) is 7.09. The summed E-state index contributed by atoms with van der Waals surface area (Å²) in [6, 6.07) is 8.00. The summed E-state index contributed by atoms with van der Waals surface area (Å²) in [6.45, 7) is 0.316. The van der Waals surface area contributed by atoms with E-state index in [1.165, 1.54) is 0 Å². The number of hydrogen-bond acceptors (Lipinski definition) is 3. The van der Waals surface area contributed by atoms with Crippen molar-refractivity contribution in [2.75, 3.05) is 0 Å². The molecule has 0 saturated heterocycles.